The minimum Gasteiger partial charge on any atom is -0.491 e. The molecule has 1 heterocycles. The van der Waals surface area contributed by atoms with E-state index < -0.39 is 37.0 Å². The van der Waals surface area contributed by atoms with Crippen LogP contribution < -0.4 is 9.47 Å². The standard InChI is InChI=1S/C26H32F8N2O2/c1-2-3-4-6-9-20(27)18-38-21-12-10-19(11-13-21)23-35-16-22(17-36-23)37-15-8-5-7-14-24(28,29)25(30,31)26(32,33)34/h10-13,16-17,20H,2-9,14-15,18H2,1H3. The lowest BCUT2D eigenvalue weighted by molar-refractivity contribution is -0.355. The number of nitrogens with zero attached hydrogens (tertiary/aromatic N) is 2. The molecule has 1 aromatic heterocycles. The highest BCUT2D eigenvalue weighted by molar-refractivity contribution is 5.56. The molecule has 1 aromatic carbocycles. The van der Waals surface area contributed by atoms with Gasteiger partial charge in [0.1, 0.15) is 18.5 Å². The summed E-state index contributed by atoms with van der Waals surface area (Å²) < 4.78 is 113. The van der Waals surface area contributed by atoms with Crippen molar-refractivity contribution in [1.29, 1.82) is 0 Å². The molecular formula is C26H32F8N2O2. The SMILES string of the molecule is CCCCCCC(F)COc1ccc(-c2ncc(OCCCCCC(F)(F)C(F)(F)C(F)(F)F)cn2)cc1. The van der Waals surface area contributed by atoms with E-state index in [1.54, 1.807) is 24.3 Å². The molecule has 38 heavy (non-hydrogen) atoms. The largest absolute Gasteiger partial charge is 0.491 e. The maximum absolute atomic E-state index is 13.9. The van der Waals surface area contributed by atoms with Crippen molar-refractivity contribution in [1.82, 2.24) is 9.97 Å². The second-order valence-electron chi connectivity index (χ2n) is 8.96. The van der Waals surface area contributed by atoms with Gasteiger partial charge in [0.15, 0.2) is 11.6 Å². The van der Waals surface area contributed by atoms with Gasteiger partial charge in [-0.25, -0.2) is 14.4 Å². The second kappa shape index (κ2) is 14.5. The van der Waals surface area contributed by atoms with E-state index in [9.17, 15) is 35.1 Å². The Labute approximate surface area is 216 Å². The first-order valence-corrected chi connectivity index (χ1v) is 12.5. The monoisotopic (exact) mass is 556 g/mol. The van der Waals surface area contributed by atoms with Gasteiger partial charge in [-0.3, -0.25) is 0 Å². The third kappa shape index (κ3) is 9.58. The Kier molecular flexibility index (Phi) is 12.0. The van der Waals surface area contributed by atoms with Gasteiger partial charge in [-0.1, -0.05) is 32.6 Å². The van der Waals surface area contributed by atoms with Gasteiger partial charge in [0.05, 0.1) is 19.0 Å². The molecule has 0 saturated heterocycles. The lowest BCUT2D eigenvalue weighted by Crippen LogP contribution is -2.51. The third-order valence-corrected chi connectivity index (χ3v) is 5.76. The fourth-order valence-electron chi connectivity index (χ4n) is 3.48. The average molecular weight is 557 g/mol. The molecule has 0 fully saturated rings. The van der Waals surface area contributed by atoms with E-state index >= 15 is 0 Å². The van der Waals surface area contributed by atoms with Gasteiger partial charge in [0.2, 0.25) is 0 Å². The van der Waals surface area contributed by atoms with Crippen molar-refractivity contribution in [3.63, 3.8) is 0 Å². The summed E-state index contributed by atoms with van der Waals surface area (Å²) in [6.07, 6.45) is -2.05. The van der Waals surface area contributed by atoms with Crippen LogP contribution >= 0.6 is 0 Å². The molecule has 0 amide bonds. The molecule has 4 nitrogen and oxygen atoms in total. The van der Waals surface area contributed by atoms with E-state index in [1.807, 2.05) is 0 Å². The Bertz CT molecular complexity index is 938. The Hall–Kier alpha value is -2.66. The van der Waals surface area contributed by atoms with E-state index in [0.717, 1.165) is 25.7 Å². The third-order valence-electron chi connectivity index (χ3n) is 5.76. The smallest absolute Gasteiger partial charge is 0.459 e. The Balaban J connectivity index is 1.71. The zero-order valence-corrected chi connectivity index (χ0v) is 21.1. The molecule has 214 valence electrons. The number of benzene rings is 1. The van der Waals surface area contributed by atoms with E-state index in [1.165, 1.54) is 12.4 Å². The lowest BCUT2D eigenvalue weighted by Gasteiger charge is -2.28. The van der Waals surface area contributed by atoms with Crippen molar-refractivity contribution in [3.05, 3.63) is 36.7 Å². The van der Waals surface area contributed by atoms with Crippen LogP contribution in [-0.2, 0) is 0 Å². The first kappa shape index (κ1) is 31.6. The number of aromatic nitrogens is 2. The van der Waals surface area contributed by atoms with Crippen LogP contribution in [0.4, 0.5) is 35.1 Å². The summed E-state index contributed by atoms with van der Waals surface area (Å²) in [6.45, 7) is 2.10. The van der Waals surface area contributed by atoms with Crippen molar-refractivity contribution in [3.8, 4) is 22.9 Å². The fourth-order valence-corrected chi connectivity index (χ4v) is 3.48. The zero-order chi connectivity index (χ0) is 28.2. The molecule has 0 spiro atoms. The van der Waals surface area contributed by atoms with Gasteiger partial charge >= 0.3 is 18.0 Å². The van der Waals surface area contributed by atoms with Crippen LogP contribution in [0.3, 0.4) is 0 Å². The van der Waals surface area contributed by atoms with Crippen molar-refractivity contribution in [2.24, 2.45) is 0 Å². The van der Waals surface area contributed by atoms with Gasteiger partial charge in [0.25, 0.3) is 0 Å². The highest BCUT2D eigenvalue weighted by Crippen LogP contribution is 2.48. The molecule has 0 radical (unpaired) electrons. The molecule has 0 aliphatic carbocycles. The molecular weight excluding hydrogens is 524 g/mol. The Morgan fingerprint density at radius 3 is 2.00 bits per heavy atom. The number of rotatable bonds is 17. The summed E-state index contributed by atoms with van der Waals surface area (Å²) in [5.74, 6) is -10.1. The van der Waals surface area contributed by atoms with Gasteiger partial charge in [-0.15, -0.1) is 0 Å². The number of hydrogen-bond donors (Lipinski definition) is 0. The first-order valence-electron chi connectivity index (χ1n) is 12.5. The quantitative estimate of drug-likeness (QED) is 0.145. The van der Waals surface area contributed by atoms with Crippen LogP contribution in [0.25, 0.3) is 11.4 Å². The Morgan fingerprint density at radius 2 is 1.39 bits per heavy atom. The van der Waals surface area contributed by atoms with Crippen LogP contribution in [0.5, 0.6) is 11.5 Å². The van der Waals surface area contributed by atoms with Crippen molar-refractivity contribution in [2.45, 2.75) is 88.9 Å². The molecule has 1 unspecified atom stereocenters. The summed E-state index contributed by atoms with van der Waals surface area (Å²) in [5.41, 5.74) is 0.678. The van der Waals surface area contributed by atoms with Crippen molar-refractivity contribution >= 4 is 0 Å². The molecule has 0 bridgehead atoms. The van der Waals surface area contributed by atoms with Crippen LogP contribution in [-0.4, -0.2) is 47.4 Å². The topological polar surface area (TPSA) is 44.2 Å². The number of hydrogen-bond acceptors (Lipinski definition) is 4. The summed E-state index contributed by atoms with van der Waals surface area (Å²) in [5, 5.41) is 0. The van der Waals surface area contributed by atoms with Gasteiger partial charge in [-0.05, 0) is 49.9 Å². The minimum atomic E-state index is -6.31. The van der Waals surface area contributed by atoms with Crippen LogP contribution in [0, 0.1) is 0 Å². The first-order chi connectivity index (χ1) is 17.9. The Morgan fingerprint density at radius 1 is 0.763 bits per heavy atom. The summed E-state index contributed by atoms with van der Waals surface area (Å²) in [7, 11) is 0. The molecule has 2 aromatic rings. The van der Waals surface area contributed by atoms with Crippen molar-refractivity contribution in [2.75, 3.05) is 13.2 Å². The zero-order valence-electron chi connectivity index (χ0n) is 21.1. The molecule has 1 atom stereocenters. The fraction of sp³-hybridized carbons (Fsp3) is 0.615. The predicted octanol–water partition coefficient (Wildman–Crippen LogP) is 8.60. The molecule has 0 N–H and O–H groups in total. The molecule has 0 aliphatic heterocycles. The van der Waals surface area contributed by atoms with E-state index in [2.05, 4.69) is 16.9 Å². The normalized spacial score (nSPS) is 13.4. The highest BCUT2D eigenvalue weighted by Gasteiger charge is 2.72. The minimum absolute atomic E-state index is 0.0174. The molecule has 0 saturated carbocycles. The van der Waals surface area contributed by atoms with Gasteiger partial charge < -0.3 is 9.47 Å². The van der Waals surface area contributed by atoms with E-state index in [4.69, 9.17) is 9.47 Å². The summed E-state index contributed by atoms with van der Waals surface area (Å²) in [4.78, 5) is 8.35. The van der Waals surface area contributed by atoms with Crippen LogP contribution in [0.1, 0.15) is 64.7 Å². The number of alkyl halides is 8. The molecule has 12 heteroatoms. The molecule has 0 aliphatic rings. The lowest BCUT2D eigenvalue weighted by atomic mass is 10.0. The van der Waals surface area contributed by atoms with Gasteiger partial charge in [0, 0.05) is 12.0 Å². The van der Waals surface area contributed by atoms with E-state index in [-0.39, 0.29) is 31.8 Å². The maximum Gasteiger partial charge on any atom is 0.459 e. The van der Waals surface area contributed by atoms with Gasteiger partial charge in [-0.2, -0.15) is 30.7 Å². The summed E-state index contributed by atoms with van der Waals surface area (Å²) >= 11 is 0. The highest BCUT2D eigenvalue weighted by atomic mass is 19.4. The number of halogens is 8. The average Bonchev–Trinajstić information content (AvgIpc) is 2.87. The number of unbranched alkanes of at least 4 members (excludes halogenated alkanes) is 5. The van der Waals surface area contributed by atoms with Crippen LogP contribution in [0.2, 0.25) is 0 Å². The van der Waals surface area contributed by atoms with Crippen LogP contribution in [0.15, 0.2) is 36.7 Å². The second-order valence-corrected chi connectivity index (χ2v) is 8.96. The summed E-state index contributed by atoms with van der Waals surface area (Å²) in [6, 6.07) is 6.80. The number of ether oxygens (including phenoxy) is 2. The van der Waals surface area contributed by atoms with Crippen molar-refractivity contribution < 1.29 is 44.6 Å². The predicted molar refractivity (Wildman–Crippen MR) is 127 cm³/mol. The van der Waals surface area contributed by atoms with E-state index in [0.29, 0.717) is 23.6 Å². The molecule has 2 rings (SSSR count). The maximum atomic E-state index is 13.9.